The molecular formula is C17H23N3O. The quantitative estimate of drug-likeness (QED) is 0.869. The molecular weight excluding hydrogens is 262 g/mol. The second kappa shape index (κ2) is 6.85. The smallest absolute Gasteiger partial charge is 0.243 e. The summed E-state index contributed by atoms with van der Waals surface area (Å²) in [6.45, 7) is 0. The predicted octanol–water partition coefficient (Wildman–Crippen LogP) is 3.75. The Hall–Kier alpha value is -1.68. The number of nitrogens with two attached hydrogens (primary N) is 1. The molecule has 112 valence electrons. The Bertz CT molecular complexity index is 544. The summed E-state index contributed by atoms with van der Waals surface area (Å²) in [5.41, 5.74) is 7.40. The molecule has 0 aliphatic heterocycles. The van der Waals surface area contributed by atoms with E-state index in [9.17, 15) is 0 Å². The van der Waals surface area contributed by atoms with Crippen molar-refractivity contribution in [2.24, 2.45) is 5.73 Å². The Morgan fingerprint density at radius 2 is 1.81 bits per heavy atom. The van der Waals surface area contributed by atoms with E-state index in [-0.39, 0.29) is 6.04 Å². The summed E-state index contributed by atoms with van der Waals surface area (Å²) in [4.78, 5) is 4.57. The molecule has 1 fully saturated rings. The summed E-state index contributed by atoms with van der Waals surface area (Å²) in [7, 11) is 0. The van der Waals surface area contributed by atoms with E-state index in [1.165, 1.54) is 44.1 Å². The lowest BCUT2D eigenvalue weighted by molar-refractivity contribution is 0.346. The molecule has 1 heterocycles. The average Bonchev–Trinajstić information content (AvgIpc) is 2.85. The monoisotopic (exact) mass is 285 g/mol. The SMILES string of the molecule is N[C@H](Cc1ccccc1)c1nc(C2CCCCCC2)no1. The minimum Gasteiger partial charge on any atom is -0.338 e. The fourth-order valence-electron chi connectivity index (χ4n) is 3.06. The lowest BCUT2D eigenvalue weighted by Crippen LogP contribution is -2.14. The van der Waals surface area contributed by atoms with E-state index in [0.29, 0.717) is 11.8 Å². The lowest BCUT2D eigenvalue weighted by Gasteiger charge is -2.08. The zero-order valence-corrected chi connectivity index (χ0v) is 12.4. The van der Waals surface area contributed by atoms with Crippen LogP contribution in [-0.4, -0.2) is 10.1 Å². The number of aromatic nitrogens is 2. The third kappa shape index (κ3) is 3.70. The van der Waals surface area contributed by atoms with Gasteiger partial charge in [0.25, 0.3) is 0 Å². The van der Waals surface area contributed by atoms with Crippen LogP contribution >= 0.6 is 0 Å². The van der Waals surface area contributed by atoms with Crippen molar-refractivity contribution in [2.75, 3.05) is 0 Å². The molecule has 1 aliphatic rings. The highest BCUT2D eigenvalue weighted by atomic mass is 16.5. The van der Waals surface area contributed by atoms with E-state index in [4.69, 9.17) is 10.3 Å². The van der Waals surface area contributed by atoms with E-state index in [1.54, 1.807) is 0 Å². The van der Waals surface area contributed by atoms with Gasteiger partial charge >= 0.3 is 0 Å². The maximum atomic E-state index is 6.20. The van der Waals surface area contributed by atoms with Gasteiger partial charge in [-0.05, 0) is 24.8 Å². The van der Waals surface area contributed by atoms with Gasteiger partial charge in [-0.15, -0.1) is 0 Å². The molecule has 1 aromatic carbocycles. The average molecular weight is 285 g/mol. The Labute approximate surface area is 125 Å². The molecule has 4 nitrogen and oxygen atoms in total. The highest BCUT2D eigenvalue weighted by molar-refractivity contribution is 5.16. The van der Waals surface area contributed by atoms with Gasteiger partial charge in [0.05, 0.1) is 6.04 Å². The molecule has 3 rings (SSSR count). The highest BCUT2D eigenvalue weighted by Crippen LogP contribution is 2.30. The lowest BCUT2D eigenvalue weighted by atomic mass is 10.00. The van der Waals surface area contributed by atoms with Gasteiger partial charge in [0, 0.05) is 5.92 Å². The van der Waals surface area contributed by atoms with Crippen LogP contribution in [0.1, 0.15) is 67.8 Å². The maximum absolute atomic E-state index is 6.20. The highest BCUT2D eigenvalue weighted by Gasteiger charge is 2.22. The van der Waals surface area contributed by atoms with Crippen molar-refractivity contribution in [2.45, 2.75) is 56.9 Å². The van der Waals surface area contributed by atoms with E-state index >= 15 is 0 Å². The van der Waals surface area contributed by atoms with Crippen molar-refractivity contribution >= 4 is 0 Å². The van der Waals surface area contributed by atoms with Crippen LogP contribution in [0.15, 0.2) is 34.9 Å². The first-order valence-electron chi connectivity index (χ1n) is 7.96. The van der Waals surface area contributed by atoms with Crippen molar-refractivity contribution in [1.29, 1.82) is 0 Å². The molecule has 4 heteroatoms. The predicted molar refractivity (Wildman–Crippen MR) is 81.8 cm³/mol. The molecule has 1 atom stereocenters. The molecule has 1 saturated carbocycles. The zero-order chi connectivity index (χ0) is 14.5. The zero-order valence-electron chi connectivity index (χ0n) is 12.4. The van der Waals surface area contributed by atoms with Gasteiger partial charge in [0.2, 0.25) is 5.89 Å². The van der Waals surface area contributed by atoms with Crippen LogP contribution in [0.2, 0.25) is 0 Å². The van der Waals surface area contributed by atoms with E-state index in [1.807, 2.05) is 18.2 Å². The van der Waals surface area contributed by atoms with Gasteiger partial charge in [-0.2, -0.15) is 4.98 Å². The molecule has 0 unspecified atom stereocenters. The van der Waals surface area contributed by atoms with Crippen molar-refractivity contribution in [3.63, 3.8) is 0 Å². The normalized spacial score (nSPS) is 18.3. The van der Waals surface area contributed by atoms with Crippen molar-refractivity contribution < 1.29 is 4.52 Å². The van der Waals surface area contributed by atoms with Gasteiger partial charge in [-0.3, -0.25) is 0 Å². The Morgan fingerprint density at radius 3 is 2.52 bits per heavy atom. The minimum atomic E-state index is -0.223. The van der Waals surface area contributed by atoms with Crippen LogP contribution in [0.5, 0.6) is 0 Å². The van der Waals surface area contributed by atoms with E-state index < -0.39 is 0 Å². The first kappa shape index (κ1) is 14.3. The molecule has 2 N–H and O–H groups in total. The summed E-state index contributed by atoms with van der Waals surface area (Å²) in [6, 6.07) is 9.97. The largest absolute Gasteiger partial charge is 0.338 e. The molecule has 1 aromatic heterocycles. The first-order chi connectivity index (χ1) is 10.3. The third-order valence-electron chi connectivity index (χ3n) is 4.29. The van der Waals surface area contributed by atoms with Gasteiger partial charge in [-0.1, -0.05) is 61.2 Å². The standard InChI is InChI=1S/C17H23N3O/c18-15(12-13-8-4-3-5-9-13)17-19-16(20-21-17)14-10-6-1-2-7-11-14/h3-5,8-9,14-15H,1-2,6-7,10-12,18H2/t15-/m1/s1. The van der Waals surface area contributed by atoms with Crippen LogP contribution in [0.3, 0.4) is 0 Å². The maximum Gasteiger partial charge on any atom is 0.243 e. The summed E-state index contributed by atoms with van der Waals surface area (Å²) >= 11 is 0. The van der Waals surface area contributed by atoms with Crippen LogP contribution in [0.4, 0.5) is 0 Å². The number of benzene rings is 1. The van der Waals surface area contributed by atoms with Gasteiger partial charge < -0.3 is 10.3 Å². The summed E-state index contributed by atoms with van der Waals surface area (Å²) < 4.78 is 5.41. The van der Waals surface area contributed by atoms with Crippen molar-refractivity contribution in [1.82, 2.24) is 10.1 Å². The van der Waals surface area contributed by atoms with Crippen molar-refractivity contribution in [3.05, 3.63) is 47.6 Å². The number of nitrogens with zero attached hydrogens (tertiary/aromatic N) is 2. The molecule has 0 saturated heterocycles. The topological polar surface area (TPSA) is 64.9 Å². The molecule has 0 radical (unpaired) electrons. The van der Waals surface area contributed by atoms with Crippen molar-refractivity contribution in [3.8, 4) is 0 Å². The Balaban J connectivity index is 1.66. The van der Waals surface area contributed by atoms with Crippen LogP contribution in [-0.2, 0) is 6.42 Å². The molecule has 2 aromatic rings. The fourth-order valence-corrected chi connectivity index (χ4v) is 3.06. The molecule has 0 bridgehead atoms. The second-order valence-corrected chi connectivity index (χ2v) is 5.98. The number of hydrogen-bond acceptors (Lipinski definition) is 4. The Kier molecular flexibility index (Phi) is 4.65. The second-order valence-electron chi connectivity index (χ2n) is 5.98. The van der Waals surface area contributed by atoms with Crippen LogP contribution in [0.25, 0.3) is 0 Å². The number of rotatable bonds is 4. The molecule has 1 aliphatic carbocycles. The van der Waals surface area contributed by atoms with Crippen LogP contribution in [0, 0.1) is 0 Å². The summed E-state index contributed by atoms with van der Waals surface area (Å²) in [5, 5.41) is 4.18. The molecule has 0 spiro atoms. The fraction of sp³-hybridized carbons (Fsp3) is 0.529. The van der Waals surface area contributed by atoms with Gasteiger partial charge in [0.1, 0.15) is 0 Å². The molecule has 0 amide bonds. The van der Waals surface area contributed by atoms with E-state index in [0.717, 1.165) is 12.2 Å². The Morgan fingerprint density at radius 1 is 1.10 bits per heavy atom. The minimum absolute atomic E-state index is 0.223. The van der Waals surface area contributed by atoms with E-state index in [2.05, 4.69) is 22.3 Å². The van der Waals surface area contributed by atoms with Crippen LogP contribution < -0.4 is 5.73 Å². The summed E-state index contributed by atoms with van der Waals surface area (Å²) in [6.07, 6.45) is 8.27. The number of hydrogen-bond donors (Lipinski definition) is 1. The van der Waals surface area contributed by atoms with Gasteiger partial charge in [0.15, 0.2) is 5.82 Å². The van der Waals surface area contributed by atoms with Gasteiger partial charge in [-0.25, -0.2) is 0 Å². The summed E-state index contributed by atoms with van der Waals surface area (Å²) in [5.74, 6) is 1.88. The first-order valence-corrected chi connectivity index (χ1v) is 7.96. The third-order valence-corrected chi connectivity index (χ3v) is 4.29. The molecule has 21 heavy (non-hydrogen) atoms.